The van der Waals surface area contributed by atoms with E-state index >= 15 is 0 Å². The quantitative estimate of drug-likeness (QED) is 0.250. The van der Waals surface area contributed by atoms with E-state index in [1.54, 1.807) is 67.8 Å². The second-order valence-corrected chi connectivity index (χ2v) is 7.96. The van der Waals surface area contributed by atoms with E-state index in [2.05, 4.69) is 15.8 Å². The van der Waals surface area contributed by atoms with Crippen LogP contribution in [0.2, 0.25) is 10.0 Å². The number of benzene rings is 3. The summed E-state index contributed by atoms with van der Waals surface area (Å²) < 4.78 is 16.4. The standard InChI is InChI=1S/C25H23Cl2N3O5/c1-33-19-9-6-16(7-10-19)13-28-24(31)25(32)30-29-14-18-4-3-5-22(34-2)23(18)35-15-17-8-11-20(26)21(27)12-17/h3-12,14H,13,15H2,1-2H3,(H,28,31)(H,30,32)/b29-14-. The molecule has 0 fully saturated rings. The van der Waals surface area contributed by atoms with Crippen molar-refractivity contribution in [2.75, 3.05) is 14.2 Å². The number of ether oxygens (including phenoxy) is 3. The summed E-state index contributed by atoms with van der Waals surface area (Å²) in [5.41, 5.74) is 4.35. The van der Waals surface area contributed by atoms with E-state index in [-0.39, 0.29) is 13.2 Å². The molecule has 0 heterocycles. The van der Waals surface area contributed by atoms with Crippen molar-refractivity contribution in [2.45, 2.75) is 13.2 Å². The Morgan fingerprint density at radius 1 is 0.914 bits per heavy atom. The van der Waals surface area contributed by atoms with Crippen LogP contribution in [0.4, 0.5) is 0 Å². The van der Waals surface area contributed by atoms with Gasteiger partial charge in [-0.25, -0.2) is 5.43 Å². The SMILES string of the molecule is COc1ccc(CNC(=O)C(=O)N/N=C\c2cccc(OC)c2OCc2ccc(Cl)c(Cl)c2)cc1. The first kappa shape index (κ1) is 25.9. The molecule has 0 unspecified atom stereocenters. The minimum absolute atomic E-state index is 0.183. The monoisotopic (exact) mass is 515 g/mol. The van der Waals surface area contributed by atoms with Crippen LogP contribution in [0.3, 0.4) is 0 Å². The molecule has 0 aliphatic heterocycles. The molecule has 2 amide bonds. The number of rotatable bonds is 9. The van der Waals surface area contributed by atoms with Crippen LogP contribution in [0.5, 0.6) is 17.2 Å². The molecule has 0 saturated carbocycles. The van der Waals surface area contributed by atoms with Gasteiger partial charge < -0.3 is 19.5 Å². The van der Waals surface area contributed by atoms with E-state index in [4.69, 9.17) is 37.4 Å². The average Bonchev–Trinajstić information content (AvgIpc) is 2.88. The predicted octanol–water partition coefficient (Wildman–Crippen LogP) is 4.36. The van der Waals surface area contributed by atoms with Crippen molar-refractivity contribution in [3.8, 4) is 17.2 Å². The number of para-hydroxylation sites is 1. The van der Waals surface area contributed by atoms with Crippen LogP contribution in [-0.2, 0) is 22.7 Å². The maximum atomic E-state index is 12.1. The zero-order valence-electron chi connectivity index (χ0n) is 19.0. The summed E-state index contributed by atoms with van der Waals surface area (Å²) in [6.45, 7) is 0.376. The lowest BCUT2D eigenvalue weighted by Crippen LogP contribution is -2.37. The van der Waals surface area contributed by atoms with E-state index in [1.165, 1.54) is 13.3 Å². The summed E-state index contributed by atoms with van der Waals surface area (Å²) in [5, 5.41) is 7.28. The molecular weight excluding hydrogens is 493 g/mol. The molecule has 0 bridgehead atoms. The van der Waals surface area contributed by atoms with E-state index in [9.17, 15) is 9.59 Å². The lowest BCUT2D eigenvalue weighted by Gasteiger charge is -2.13. The fourth-order valence-electron chi connectivity index (χ4n) is 2.95. The van der Waals surface area contributed by atoms with Crippen molar-refractivity contribution in [3.05, 3.63) is 87.4 Å². The van der Waals surface area contributed by atoms with Crippen molar-refractivity contribution in [1.29, 1.82) is 0 Å². The number of hydrogen-bond acceptors (Lipinski definition) is 6. The molecule has 3 aromatic rings. The molecule has 182 valence electrons. The van der Waals surface area contributed by atoms with Crippen molar-refractivity contribution in [2.24, 2.45) is 5.10 Å². The maximum Gasteiger partial charge on any atom is 0.329 e. The number of nitrogens with one attached hydrogen (secondary N) is 2. The Balaban J connectivity index is 1.60. The average molecular weight is 516 g/mol. The highest BCUT2D eigenvalue weighted by Gasteiger charge is 2.13. The third-order valence-corrected chi connectivity index (χ3v) is 5.52. The topological polar surface area (TPSA) is 98.2 Å². The second kappa shape index (κ2) is 12.6. The molecule has 0 saturated heterocycles. The van der Waals surface area contributed by atoms with Gasteiger partial charge >= 0.3 is 11.8 Å². The van der Waals surface area contributed by atoms with E-state index < -0.39 is 11.8 Å². The number of amides is 2. The highest BCUT2D eigenvalue weighted by Crippen LogP contribution is 2.31. The zero-order valence-corrected chi connectivity index (χ0v) is 20.5. The van der Waals surface area contributed by atoms with Crippen LogP contribution in [0.15, 0.2) is 65.8 Å². The minimum Gasteiger partial charge on any atom is -0.497 e. The third kappa shape index (κ3) is 7.37. The summed E-state index contributed by atoms with van der Waals surface area (Å²) in [7, 11) is 3.08. The van der Waals surface area contributed by atoms with Gasteiger partial charge in [0.2, 0.25) is 0 Å². The van der Waals surface area contributed by atoms with Gasteiger partial charge in [-0.1, -0.05) is 47.5 Å². The van der Waals surface area contributed by atoms with E-state index in [0.29, 0.717) is 32.9 Å². The maximum absolute atomic E-state index is 12.1. The fraction of sp³-hybridized carbons (Fsp3) is 0.160. The van der Waals surface area contributed by atoms with E-state index in [0.717, 1.165) is 11.1 Å². The first-order valence-electron chi connectivity index (χ1n) is 10.4. The van der Waals surface area contributed by atoms with E-state index in [1.807, 2.05) is 0 Å². The fourth-order valence-corrected chi connectivity index (χ4v) is 3.27. The van der Waals surface area contributed by atoms with Gasteiger partial charge in [-0.05, 0) is 47.5 Å². The number of halogens is 2. The molecule has 0 atom stereocenters. The largest absolute Gasteiger partial charge is 0.497 e. The Hall–Kier alpha value is -3.75. The van der Waals surface area contributed by atoms with Crippen LogP contribution in [0, 0.1) is 0 Å². The van der Waals surface area contributed by atoms with Crippen molar-refractivity contribution in [3.63, 3.8) is 0 Å². The molecule has 10 heteroatoms. The number of nitrogens with zero attached hydrogens (tertiary/aromatic N) is 1. The minimum atomic E-state index is -0.907. The molecule has 2 N–H and O–H groups in total. The van der Waals surface area contributed by atoms with Crippen molar-refractivity contribution >= 4 is 41.2 Å². The molecule has 3 aromatic carbocycles. The van der Waals surface area contributed by atoms with Gasteiger partial charge in [0.1, 0.15) is 12.4 Å². The summed E-state index contributed by atoms with van der Waals surface area (Å²) in [6.07, 6.45) is 1.36. The Bertz CT molecular complexity index is 1220. The van der Waals surface area contributed by atoms with Crippen LogP contribution in [-0.4, -0.2) is 32.2 Å². The zero-order chi connectivity index (χ0) is 25.2. The smallest absolute Gasteiger partial charge is 0.329 e. The molecule has 0 aromatic heterocycles. The summed E-state index contributed by atoms with van der Waals surface area (Å²) >= 11 is 12.0. The Kier molecular flexibility index (Phi) is 9.34. The van der Waals surface area contributed by atoms with Crippen LogP contribution in [0.25, 0.3) is 0 Å². The lowest BCUT2D eigenvalue weighted by molar-refractivity contribution is -0.139. The number of carbonyl (C=O) groups is 2. The second-order valence-electron chi connectivity index (χ2n) is 7.15. The lowest BCUT2D eigenvalue weighted by atomic mass is 10.2. The Labute approximate surface area is 212 Å². The van der Waals surface area contributed by atoms with Gasteiger partial charge in [-0.3, -0.25) is 9.59 Å². The summed E-state index contributed by atoms with van der Waals surface area (Å²) in [4.78, 5) is 24.2. The number of hydrogen-bond donors (Lipinski definition) is 2. The first-order chi connectivity index (χ1) is 16.9. The molecule has 0 spiro atoms. The van der Waals surface area contributed by atoms with Gasteiger partial charge in [0.05, 0.1) is 30.5 Å². The molecule has 0 aliphatic carbocycles. The third-order valence-electron chi connectivity index (χ3n) is 4.78. The highest BCUT2D eigenvalue weighted by molar-refractivity contribution is 6.42. The van der Waals surface area contributed by atoms with Gasteiger partial charge in [0, 0.05) is 12.1 Å². The predicted molar refractivity (Wildman–Crippen MR) is 134 cm³/mol. The highest BCUT2D eigenvalue weighted by atomic mass is 35.5. The molecule has 35 heavy (non-hydrogen) atoms. The molecular formula is C25H23Cl2N3O5. The summed E-state index contributed by atoms with van der Waals surface area (Å²) in [5.74, 6) is -0.152. The van der Waals surface area contributed by atoms with Gasteiger partial charge in [0.25, 0.3) is 0 Å². The number of hydrazone groups is 1. The number of methoxy groups -OCH3 is 2. The number of carbonyl (C=O) groups excluding carboxylic acids is 2. The van der Waals surface area contributed by atoms with Crippen LogP contribution < -0.4 is 25.0 Å². The Morgan fingerprint density at radius 3 is 2.34 bits per heavy atom. The van der Waals surface area contributed by atoms with Crippen LogP contribution >= 0.6 is 23.2 Å². The van der Waals surface area contributed by atoms with Crippen molar-refractivity contribution in [1.82, 2.24) is 10.7 Å². The van der Waals surface area contributed by atoms with Gasteiger partial charge in [-0.2, -0.15) is 5.10 Å². The Morgan fingerprint density at radius 2 is 1.66 bits per heavy atom. The molecule has 3 rings (SSSR count). The normalized spacial score (nSPS) is 10.6. The first-order valence-corrected chi connectivity index (χ1v) is 11.1. The van der Waals surface area contributed by atoms with Gasteiger partial charge in [-0.15, -0.1) is 0 Å². The molecule has 0 radical (unpaired) electrons. The molecule has 0 aliphatic rings. The van der Waals surface area contributed by atoms with Crippen LogP contribution in [0.1, 0.15) is 16.7 Å². The summed E-state index contributed by atoms with van der Waals surface area (Å²) in [6, 6.07) is 17.5. The van der Waals surface area contributed by atoms with Gasteiger partial charge in [0.15, 0.2) is 11.5 Å². The molecule has 8 nitrogen and oxygen atoms in total. The van der Waals surface area contributed by atoms with Crippen molar-refractivity contribution < 1.29 is 23.8 Å².